The highest BCUT2D eigenvalue weighted by Gasteiger charge is 2.47. The fourth-order valence-electron chi connectivity index (χ4n) is 2.64. The monoisotopic (exact) mass is 389 g/mol. The largest absolute Gasteiger partial charge is 0.387 e. The summed E-state index contributed by atoms with van der Waals surface area (Å²) < 4.78 is 38.6. The topological polar surface area (TPSA) is 131 Å². The van der Waals surface area contributed by atoms with Gasteiger partial charge in [0.2, 0.25) is 5.91 Å². The van der Waals surface area contributed by atoms with Crippen molar-refractivity contribution in [2.24, 2.45) is 0 Å². The Labute approximate surface area is 152 Å². The molecule has 0 aromatic heterocycles. The second-order valence-corrected chi connectivity index (χ2v) is 7.65. The summed E-state index contributed by atoms with van der Waals surface area (Å²) in [6.07, 6.45) is -4.65. The van der Waals surface area contributed by atoms with E-state index in [0.717, 1.165) is 11.8 Å². The van der Waals surface area contributed by atoms with Crippen LogP contribution < -0.4 is 5.32 Å². The summed E-state index contributed by atoms with van der Waals surface area (Å²) in [6, 6.07) is 8.03. The maximum Gasteiger partial charge on any atom is 0.264 e. The lowest BCUT2D eigenvalue weighted by Gasteiger charge is -2.42. The average molecular weight is 389 g/mol. The number of carbonyl (C=O) groups is 1. The van der Waals surface area contributed by atoms with Crippen LogP contribution in [0, 0.1) is 0 Å². The van der Waals surface area contributed by atoms with Crippen molar-refractivity contribution in [3.8, 4) is 0 Å². The number of hydrogen-bond acceptors (Lipinski definition) is 8. The normalized spacial score (nSPS) is 29.3. The van der Waals surface area contributed by atoms with Crippen LogP contribution in [0.2, 0.25) is 0 Å². The molecule has 9 nitrogen and oxygen atoms in total. The van der Waals surface area contributed by atoms with Gasteiger partial charge in [0.25, 0.3) is 10.1 Å². The summed E-state index contributed by atoms with van der Waals surface area (Å²) >= 11 is 0. The highest BCUT2D eigenvalue weighted by molar-refractivity contribution is 7.86. The summed E-state index contributed by atoms with van der Waals surface area (Å²) in [4.78, 5) is 11.3. The number of hydrogen-bond donors (Lipinski definition) is 3. The van der Waals surface area contributed by atoms with E-state index >= 15 is 0 Å². The summed E-state index contributed by atoms with van der Waals surface area (Å²) in [6.45, 7) is 1.32. The van der Waals surface area contributed by atoms with Gasteiger partial charge in [-0.3, -0.25) is 8.98 Å². The molecule has 2 rings (SSSR count). The molecule has 5 atom stereocenters. The summed E-state index contributed by atoms with van der Waals surface area (Å²) in [7, 11) is -3.95. The quantitative estimate of drug-likeness (QED) is 0.513. The number of carbonyl (C=O) groups excluding carboxylic acids is 1. The predicted octanol–water partition coefficient (Wildman–Crippen LogP) is -0.869. The number of ether oxygens (including phenoxy) is 2. The van der Waals surface area contributed by atoms with Crippen LogP contribution in [0.1, 0.15) is 12.5 Å². The molecule has 0 aliphatic carbocycles. The molecule has 26 heavy (non-hydrogen) atoms. The second-order valence-electron chi connectivity index (χ2n) is 6.05. The van der Waals surface area contributed by atoms with Crippen molar-refractivity contribution < 1.29 is 37.1 Å². The number of benzene rings is 1. The number of rotatable bonds is 7. The molecule has 1 aliphatic heterocycles. The van der Waals surface area contributed by atoms with E-state index < -0.39 is 46.7 Å². The Bertz CT molecular complexity index is 695. The van der Waals surface area contributed by atoms with Gasteiger partial charge in [0.1, 0.15) is 24.4 Å². The van der Waals surface area contributed by atoms with Gasteiger partial charge in [0, 0.05) is 6.92 Å². The van der Waals surface area contributed by atoms with Crippen molar-refractivity contribution in [3.05, 3.63) is 35.9 Å². The molecule has 1 amide bonds. The lowest BCUT2D eigenvalue weighted by atomic mass is 9.97. The van der Waals surface area contributed by atoms with Crippen LogP contribution in [-0.4, -0.2) is 68.0 Å². The molecule has 1 aromatic rings. The lowest BCUT2D eigenvalue weighted by Crippen LogP contribution is -2.65. The van der Waals surface area contributed by atoms with Crippen LogP contribution in [0.5, 0.6) is 0 Å². The van der Waals surface area contributed by atoms with Gasteiger partial charge in [-0.1, -0.05) is 30.3 Å². The fourth-order valence-corrected chi connectivity index (χ4v) is 3.28. The van der Waals surface area contributed by atoms with Gasteiger partial charge >= 0.3 is 0 Å². The molecule has 1 heterocycles. The highest BCUT2D eigenvalue weighted by atomic mass is 32.2. The molecule has 0 unspecified atom stereocenters. The first-order valence-electron chi connectivity index (χ1n) is 7.96. The number of nitrogens with one attached hydrogen (secondary N) is 1. The van der Waals surface area contributed by atoms with E-state index in [1.54, 1.807) is 0 Å². The number of aliphatic hydroxyl groups is 2. The van der Waals surface area contributed by atoms with Gasteiger partial charge < -0.3 is 25.0 Å². The molecule has 1 saturated heterocycles. The van der Waals surface area contributed by atoms with E-state index in [9.17, 15) is 23.4 Å². The van der Waals surface area contributed by atoms with Crippen LogP contribution in [0.4, 0.5) is 0 Å². The first-order chi connectivity index (χ1) is 12.2. The first kappa shape index (κ1) is 20.7. The predicted molar refractivity (Wildman–Crippen MR) is 90.3 cm³/mol. The van der Waals surface area contributed by atoms with Crippen LogP contribution in [0.15, 0.2) is 30.3 Å². The fraction of sp³-hybridized carbons (Fsp3) is 0.562. The first-order valence-corrected chi connectivity index (χ1v) is 9.77. The minimum Gasteiger partial charge on any atom is -0.387 e. The van der Waals surface area contributed by atoms with Gasteiger partial charge in [-0.05, 0) is 5.56 Å². The third-order valence-electron chi connectivity index (χ3n) is 3.74. The Hall–Kier alpha value is -1.56. The molecule has 1 fully saturated rings. The van der Waals surface area contributed by atoms with Crippen LogP contribution in [-0.2, 0) is 35.2 Å². The van der Waals surface area contributed by atoms with Gasteiger partial charge in [-0.25, -0.2) is 0 Å². The van der Waals surface area contributed by atoms with E-state index in [1.165, 1.54) is 6.92 Å². The molecule has 0 radical (unpaired) electrons. The van der Waals surface area contributed by atoms with Crippen LogP contribution in [0.3, 0.4) is 0 Å². The SMILES string of the molecule is CC(=O)N[C@@H]1[C@H](OS(C)(=O)=O)[C@H](O)[C@@H](COCc2ccccc2)O[C@H]1O. The Morgan fingerprint density at radius 2 is 1.92 bits per heavy atom. The summed E-state index contributed by atoms with van der Waals surface area (Å²) in [5.74, 6) is -0.536. The Morgan fingerprint density at radius 3 is 2.50 bits per heavy atom. The molecule has 0 spiro atoms. The van der Waals surface area contributed by atoms with E-state index in [2.05, 4.69) is 5.32 Å². The molecule has 1 aliphatic rings. The van der Waals surface area contributed by atoms with Gasteiger partial charge in [-0.2, -0.15) is 8.42 Å². The molecule has 0 saturated carbocycles. The molecule has 10 heteroatoms. The Morgan fingerprint density at radius 1 is 1.27 bits per heavy atom. The zero-order valence-corrected chi connectivity index (χ0v) is 15.3. The zero-order valence-electron chi connectivity index (χ0n) is 14.4. The maximum absolute atomic E-state index is 11.5. The van der Waals surface area contributed by atoms with Gasteiger partial charge in [0.05, 0.1) is 19.5 Å². The molecule has 0 bridgehead atoms. The zero-order chi connectivity index (χ0) is 19.3. The van der Waals surface area contributed by atoms with Crippen molar-refractivity contribution in [1.29, 1.82) is 0 Å². The minimum absolute atomic E-state index is 0.108. The summed E-state index contributed by atoms with van der Waals surface area (Å²) in [5, 5.41) is 22.9. The Balaban J connectivity index is 2.05. The Kier molecular flexibility index (Phi) is 7.09. The minimum atomic E-state index is -3.95. The van der Waals surface area contributed by atoms with E-state index in [-0.39, 0.29) is 13.2 Å². The average Bonchev–Trinajstić information content (AvgIpc) is 2.55. The summed E-state index contributed by atoms with van der Waals surface area (Å²) in [5.41, 5.74) is 0.901. The van der Waals surface area contributed by atoms with Crippen molar-refractivity contribution in [1.82, 2.24) is 5.32 Å². The third-order valence-corrected chi connectivity index (χ3v) is 4.31. The van der Waals surface area contributed by atoms with Crippen molar-refractivity contribution in [2.75, 3.05) is 12.9 Å². The lowest BCUT2D eigenvalue weighted by molar-refractivity contribution is -0.252. The van der Waals surface area contributed by atoms with Gasteiger partial charge in [0.15, 0.2) is 6.29 Å². The van der Waals surface area contributed by atoms with E-state index in [1.807, 2.05) is 30.3 Å². The van der Waals surface area contributed by atoms with Crippen molar-refractivity contribution >= 4 is 16.0 Å². The molecular formula is C16H23NO8S. The molecule has 1 aromatic carbocycles. The van der Waals surface area contributed by atoms with E-state index in [0.29, 0.717) is 0 Å². The molecular weight excluding hydrogens is 366 g/mol. The van der Waals surface area contributed by atoms with Crippen molar-refractivity contribution in [2.45, 2.75) is 44.2 Å². The smallest absolute Gasteiger partial charge is 0.264 e. The molecule has 3 N–H and O–H groups in total. The maximum atomic E-state index is 11.5. The van der Waals surface area contributed by atoms with Crippen LogP contribution >= 0.6 is 0 Å². The number of aliphatic hydroxyl groups excluding tert-OH is 2. The third kappa shape index (κ3) is 6.01. The number of amides is 1. The van der Waals surface area contributed by atoms with Crippen molar-refractivity contribution in [3.63, 3.8) is 0 Å². The second kappa shape index (κ2) is 8.89. The standard InChI is InChI=1S/C16H23NO8S/c1-10(18)17-13-15(25-26(2,21)22)14(19)12(24-16(13)20)9-23-8-11-6-4-3-5-7-11/h3-7,12-16,19-20H,8-9H2,1-2H3,(H,17,18)/t12-,13-,14-,15+,16-/m1/s1. The van der Waals surface area contributed by atoms with E-state index in [4.69, 9.17) is 13.7 Å². The van der Waals surface area contributed by atoms with Crippen LogP contribution in [0.25, 0.3) is 0 Å². The van der Waals surface area contributed by atoms with Gasteiger partial charge in [-0.15, -0.1) is 0 Å². The molecule has 146 valence electrons. The highest BCUT2D eigenvalue weighted by Crippen LogP contribution is 2.24.